The first-order valence-corrected chi connectivity index (χ1v) is 23.9. The van der Waals surface area contributed by atoms with Crippen molar-refractivity contribution in [1.82, 2.24) is 20.4 Å². The van der Waals surface area contributed by atoms with E-state index in [9.17, 15) is 19.2 Å². The third-order valence-corrected chi connectivity index (χ3v) is 12.4. The van der Waals surface area contributed by atoms with Crippen molar-refractivity contribution in [3.8, 4) is 34.5 Å². The van der Waals surface area contributed by atoms with E-state index in [1.165, 1.54) is 9.80 Å². The maximum atomic E-state index is 13.6. The van der Waals surface area contributed by atoms with Crippen LogP contribution in [-0.4, -0.2) is 100 Å². The van der Waals surface area contributed by atoms with Crippen LogP contribution in [0.4, 0.5) is 0 Å². The van der Waals surface area contributed by atoms with Gasteiger partial charge in [-0.2, -0.15) is 0 Å². The summed E-state index contributed by atoms with van der Waals surface area (Å²) in [5, 5.41) is 6.36. The van der Waals surface area contributed by atoms with Gasteiger partial charge in [0.15, 0.2) is 0 Å². The third kappa shape index (κ3) is 13.6. The number of nitrogens with zero attached hydrogens (tertiary/aromatic N) is 2. The van der Waals surface area contributed by atoms with Gasteiger partial charge in [-0.1, -0.05) is 76.3 Å². The van der Waals surface area contributed by atoms with E-state index >= 15 is 0 Å². The summed E-state index contributed by atoms with van der Waals surface area (Å²) in [4.78, 5) is 57.3. The minimum atomic E-state index is -0.674. The normalized spacial score (nSPS) is 22.5. The number of hydrogen-bond donors (Lipinski definition) is 2. The minimum Gasteiger partial charge on any atom is -0.497 e. The van der Waals surface area contributed by atoms with Gasteiger partial charge in [0.2, 0.25) is 11.8 Å². The highest BCUT2D eigenvalue weighted by molar-refractivity contribution is 6.00. The van der Waals surface area contributed by atoms with Crippen molar-refractivity contribution in [2.45, 2.75) is 104 Å². The van der Waals surface area contributed by atoms with Crippen LogP contribution >= 0.6 is 0 Å². The lowest BCUT2D eigenvalue weighted by molar-refractivity contribution is -0.128. The number of carbonyl (C=O) groups is 4. The van der Waals surface area contributed by atoms with Gasteiger partial charge in [-0.25, -0.2) is 0 Å². The van der Waals surface area contributed by atoms with E-state index in [-0.39, 0.29) is 59.8 Å². The predicted octanol–water partition coefficient (Wildman–Crippen LogP) is 9.55. The molecule has 0 spiro atoms. The number of amides is 4. The third-order valence-electron chi connectivity index (χ3n) is 12.4. The second-order valence-electron chi connectivity index (χ2n) is 18.3. The molecule has 0 aliphatic carbocycles. The molecule has 2 aliphatic rings. The molecule has 2 N–H and O–H groups in total. The molecule has 0 aromatic heterocycles. The molecule has 0 saturated carbocycles. The Morgan fingerprint density at radius 2 is 0.871 bits per heavy atom. The standard InChI is InChI=1S/2C28H36N2O5/c2*1-18(2)26-27(31)29-23(21-16-15-20(33-5)17-25(21)34-6)13-9-7-11-19(3)35-24-14-10-8-12-22(24)28(32)30(26)4/h2*7-10,12,14-19,23,26H,11,13H2,1-6H3,(H,29,31)/b9-7+;9-7-/t2*19-,23+,26+/m00/s1. The molecule has 2 aliphatic heterocycles. The van der Waals surface area contributed by atoms with E-state index < -0.39 is 12.1 Å². The van der Waals surface area contributed by atoms with E-state index in [1.54, 1.807) is 91.1 Å². The summed E-state index contributed by atoms with van der Waals surface area (Å²) in [6.07, 6.45) is 10.4. The number of ether oxygens (including phenoxy) is 6. The summed E-state index contributed by atoms with van der Waals surface area (Å²) in [6, 6.07) is 23.4. The largest absolute Gasteiger partial charge is 0.497 e. The van der Waals surface area contributed by atoms with Crippen LogP contribution in [0.1, 0.15) is 111 Å². The second-order valence-corrected chi connectivity index (χ2v) is 18.3. The molecular formula is C56H72N4O10. The number of nitrogens with one attached hydrogen (secondary N) is 2. The summed E-state index contributed by atoms with van der Waals surface area (Å²) < 4.78 is 34.1. The van der Waals surface area contributed by atoms with Crippen molar-refractivity contribution in [2.75, 3.05) is 42.5 Å². The minimum absolute atomic E-state index is 0.113. The SMILES string of the molecule is COc1ccc([C@H]2C/C=C/C[C@H](C)Oc3ccccc3C(=O)N(C)[C@H](C(C)C)C(=O)N2)c(OC)c1.COc1ccc([C@H]2C/C=C\C[C@H](C)Oc3ccccc3C(=O)N(C)[C@H](C(C)C)C(=O)N2)c(OC)c1. The number of hydrogen-bond acceptors (Lipinski definition) is 10. The highest BCUT2D eigenvalue weighted by atomic mass is 16.5. The quantitative estimate of drug-likeness (QED) is 0.163. The summed E-state index contributed by atoms with van der Waals surface area (Å²) in [5.41, 5.74) is 2.55. The Morgan fingerprint density at radius 3 is 1.21 bits per heavy atom. The second kappa shape index (κ2) is 25.6. The average molecular weight is 961 g/mol. The van der Waals surface area contributed by atoms with Crippen molar-refractivity contribution in [2.24, 2.45) is 11.8 Å². The van der Waals surface area contributed by atoms with Crippen molar-refractivity contribution >= 4 is 23.6 Å². The summed E-state index contributed by atoms with van der Waals surface area (Å²) in [7, 11) is 9.73. The molecule has 4 aromatic rings. The molecule has 0 saturated heterocycles. The molecule has 0 fully saturated rings. The molecule has 14 nitrogen and oxygen atoms in total. The molecule has 2 heterocycles. The van der Waals surface area contributed by atoms with Crippen molar-refractivity contribution in [1.29, 1.82) is 0 Å². The van der Waals surface area contributed by atoms with Crippen LogP contribution in [0.2, 0.25) is 0 Å². The Balaban J connectivity index is 0.000000261. The van der Waals surface area contributed by atoms with E-state index in [1.807, 2.05) is 102 Å². The molecule has 376 valence electrons. The van der Waals surface area contributed by atoms with Crippen LogP contribution in [0.25, 0.3) is 0 Å². The zero-order valence-corrected chi connectivity index (χ0v) is 42.8. The first-order chi connectivity index (χ1) is 33.5. The van der Waals surface area contributed by atoms with Gasteiger partial charge in [-0.3, -0.25) is 19.2 Å². The first kappa shape index (κ1) is 54.0. The Bertz CT molecular complexity index is 2300. The fourth-order valence-electron chi connectivity index (χ4n) is 8.80. The molecule has 6 rings (SSSR count). The molecule has 6 atom stereocenters. The number of rotatable bonds is 8. The zero-order chi connectivity index (χ0) is 51.1. The van der Waals surface area contributed by atoms with E-state index in [2.05, 4.69) is 10.6 Å². The number of fused-ring (bicyclic) bond motifs is 2. The highest BCUT2D eigenvalue weighted by Crippen LogP contribution is 2.34. The van der Waals surface area contributed by atoms with Crippen LogP contribution in [0.15, 0.2) is 109 Å². The zero-order valence-electron chi connectivity index (χ0n) is 42.8. The van der Waals surface area contributed by atoms with Gasteiger partial charge in [0.25, 0.3) is 11.8 Å². The number of benzene rings is 4. The van der Waals surface area contributed by atoms with Gasteiger partial charge >= 0.3 is 0 Å². The number of likely N-dealkylation sites (N-methyl/N-ethyl adjacent to an activating group) is 2. The maximum Gasteiger partial charge on any atom is 0.258 e. The molecular weight excluding hydrogens is 889 g/mol. The first-order valence-electron chi connectivity index (χ1n) is 23.9. The topological polar surface area (TPSA) is 154 Å². The van der Waals surface area contributed by atoms with Gasteiger partial charge in [0.05, 0.1) is 63.9 Å². The Morgan fingerprint density at radius 1 is 0.514 bits per heavy atom. The number of para-hydroxylation sites is 2. The average Bonchev–Trinajstić information content (AvgIpc) is 3.34. The van der Waals surface area contributed by atoms with E-state index in [4.69, 9.17) is 28.4 Å². The summed E-state index contributed by atoms with van der Waals surface area (Å²) in [6.45, 7) is 11.7. The molecule has 0 bridgehead atoms. The Kier molecular flexibility index (Phi) is 19.7. The highest BCUT2D eigenvalue weighted by Gasteiger charge is 2.35. The van der Waals surface area contributed by atoms with Crippen LogP contribution in [0.3, 0.4) is 0 Å². The Hall–Kier alpha value is -6.96. The van der Waals surface area contributed by atoms with Gasteiger partial charge < -0.3 is 48.9 Å². The van der Waals surface area contributed by atoms with Gasteiger partial charge in [-0.05, 0) is 87.1 Å². The van der Waals surface area contributed by atoms with Crippen LogP contribution < -0.4 is 39.1 Å². The lowest BCUT2D eigenvalue weighted by Crippen LogP contribution is -2.51. The summed E-state index contributed by atoms with van der Waals surface area (Å²) in [5.74, 6) is 2.44. The molecule has 70 heavy (non-hydrogen) atoms. The molecule has 4 aromatic carbocycles. The van der Waals surface area contributed by atoms with Crippen molar-refractivity contribution in [3.63, 3.8) is 0 Å². The van der Waals surface area contributed by atoms with Crippen LogP contribution in [-0.2, 0) is 9.59 Å². The van der Waals surface area contributed by atoms with Gasteiger partial charge in [0, 0.05) is 50.2 Å². The summed E-state index contributed by atoms with van der Waals surface area (Å²) >= 11 is 0. The van der Waals surface area contributed by atoms with Gasteiger partial charge in [-0.15, -0.1) is 0 Å². The lowest BCUT2D eigenvalue weighted by Gasteiger charge is -2.33. The van der Waals surface area contributed by atoms with Crippen LogP contribution in [0, 0.1) is 11.8 Å². The fourth-order valence-corrected chi connectivity index (χ4v) is 8.80. The smallest absolute Gasteiger partial charge is 0.258 e. The number of methoxy groups -OCH3 is 4. The van der Waals surface area contributed by atoms with E-state index in [0.717, 1.165) is 11.1 Å². The predicted molar refractivity (Wildman–Crippen MR) is 272 cm³/mol. The molecule has 4 amide bonds. The van der Waals surface area contributed by atoms with Crippen molar-refractivity contribution in [3.05, 3.63) is 131 Å². The fraction of sp³-hybridized carbons (Fsp3) is 0.429. The molecule has 0 unspecified atom stereocenters. The van der Waals surface area contributed by atoms with Crippen molar-refractivity contribution < 1.29 is 47.6 Å². The molecule has 0 radical (unpaired) electrons. The monoisotopic (exact) mass is 961 g/mol. The number of carbonyl (C=O) groups excluding carboxylic acids is 4. The lowest BCUT2D eigenvalue weighted by atomic mass is 9.97. The van der Waals surface area contributed by atoms with Gasteiger partial charge in [0.1, 0.15) is 46.6 Å². The van der Waals surface area contributed by atoms with Crippen LogP contribution in [0.5, 0.6) is 34.5 Å². The Labute approximate surface area is 414 Å². The molecule has 14 heteroatoms. The van der Waals surface area contributed by atoms with E-state index in [0.29, 0.717) is 71.3 Å². The maximum absolute atomic E-state index is 13.6.